The van der Waals surface area contributed by atoms with Crippen molar-refractivity contribution in [3.05, 3.63) is 89.0 Å². The normalized spacial score (nSPS) is 11.1. The first-order valence-electron chi connectivity index (χ1n) is 9.63. The highest BCUT2D eigenvalue weighted by Crippen LogP contribution is 2.37. The molecule has 0 radical (unpaired) electrons. The predicted octanol–water partition coefficient (Wildman–Crippen LogP) is 5.48. The Morgan fingerprint density at radius 2 is 1.23 bits per heavy atom. The highest BCUT2D eigenvalue weighted by molar-refractivity contribution is 6.06. The molecule has 5 nitrogen and oxygen atoms in total. The minimum atomic E-state index is -0.0677. The van der Waals surface area contributed by atoms with Gasteiger partial charge in [0.1, 0.15) is 5.75 Å². The van der Waals surface area contributed by atoms with E-state index >= 15 is 0 Å². The van der Waals surface area contributed by atoms with Crippen molar-refractivity contribution in [2.24, 2.45) is 0 Å². The molecule has 0 fully saturated rings. The predicted molar refractivity (Wildman–Crippen MR) is 123 cm³/mol. The first-order chi connectivity index (χ1) is 15.0. The Morgan fingerprint density at radius 1 is 0.710 bits per heavy atom. The molecule has 3 rings (SSSR count). The second-order valence-corrected chi connectivity index (χ2v) is 6.70. The molecule has 0 atom stereocenters. The summed E-state index contributed by atoms with van der Waals surface area (Å²) >= 11 is 0. The zero-order valence-corrected chi connectivity index (χ0v) is 17.7. The minimum absolute atomic E-state index is 0.0255. The standard InChI is InChI=1S/C26H24O5/c1-29-22-13-11-21(12-14-22)23(27)15-10-19-6-4-18(5-7-19)8-9-20-16-24(30-2)26(28)25(17-20)31-3/h4-17,28H,1-3H3/b9-8+,15-10+. The van der Waals surface area contributed by atoms with Crippen LogP contribution in [0.15, 0.2) is 66.7 Å². The number of benzene rings is 3. The van der Waals surface area contributed by atoms with Crippen LogP contribution in [-0.4, -0.2) is 32.2 Å². The van der Waals surface area contributed by atoms with Gasteiger partial charge in [-0.25, -0.2) is 0 Å². The summed E-state index contributed by atoms with van der Waals surface area (Å²) in [6, 6.07) is 18.3. The number of phenols is 1. The van der Waals surface area contributed by atoms with E-state index in [0.29, 0.717) is 22.8 Å². The molecule has 0 aliphatic heterocycles. The van der Waals surface area contributed by atoms with Crippen molar-refractivity contribution in [3.8, 4) is 23.0 Å². The van der Waals surface area contributed by atoms with Crippen LogP contribution >= 0.6 is 0 Å². The number of ketones is 1. The largest absolute Gasteiger partial charge is 0.502 e. The fourth-order valence-electron chi connectivity index (χ4n) is 2.94. The third-order valence-electron chi connectivity index (χ3n) is 4.71. The van der Waals surface area contributed by atoms with E-state index in [9.17, 15) is 9.90 Å². The Bertz CT molecular complexity index is 1070. The third-order valence-corrected chi connectivity index (χ3v) is 4.71. The van der Waals surface area contributed by atoms with Crippen molar-refractivity contribution in [2.45, 2.75) is 0 Å². The molecule has 0 unspecified atom stereocenters. The number of rotatable bonds is 8. The van der Waals surface area contributed by atoms with Gasteiger partial charge in [0, 0.05) is 5.56 Å². The molecule has 31 heavy (non-hydrogen) atoms. The van der Waals surface area contributed by atoms with Crippen LogP contribution in [0.4, 0.5) is 0 Å². The lowest BCUT2D eigenvalue weighted by molar-refractivity contribution is 0.104. The van der Waals surface area contributed by atoms with Gasteiger partial charge in [-0.05, 0) is 59.2 Å². The second kappa shape index (κ2) is 10.2. The summed E-state index contributed by atoms with van der Waals surface area (Å²) in [6.45, 7) is 0. The van der Waals surface area contributed by atoms with Gasteiger partial charge in [0.2, 0.25) is 5.75 Å². The number of methoxy groups -OCH3 is 3. The fourth-order valence-corrected chi connectivity index (χ4v) is 2.94. The average Bonchev–Trinajstić information content (AvgIpc) is 2.82. The summed E-state index contributed by atoms with van der Waals surface area (Å²) in [4.78, 5) is 12.3. The van der Waals surface area contributed by atoms with Crippen molar-refractivity contribution in [1.82, 2.24) is 0 Å². The quantitative estimate of drug-likeness (QED) is 0.299. The SMILES string of the molecule is COc1ccc(C(=O)/C=C/c2ccc(/C=C/c3cc(OC)c(O)c(OC)c3)cc2)cc1. The van der Waals surface area contributed by atoms with E-state index in [4.69, 9.17) is 14.2 Å². The van der Waals surface area contributed by atoms with E-state index in [1.54, 1.807) is 55.7 Å². The van der Waals surface area contributed by atoms with E-state index in [1.807, 2.05) is 36.4 Å². The molecular formula is C26H24O5. The number of aromatic hydroxyl groups is 1. The molecular weight excluding hydrogens is 392 g/mol. The topological polar surface area (TPSA) is 65.0 Å². The maximum Gasteiger partial charge on any atom is 0.200 e. The van der Waals surface area contributed by atoms with Gasteiger partial charge in [-0.2, -0.15) is 0 Å². The van der Waals surface area contributed by atoms with Gasteiger partial charge in [-0.15, -0.1) is 0 Å². The Balaban J connectivity index is 1.68. The van der Waals surface area contributed by atoms with E-state index < -0.39 is 0 Å². The van der Waals surface area contributed by atoms with Gasteiger partial charge in [-0.1, -0.05) is 42.5 Å². The molecule has 0 heterocycles. The lowest BCUT2D eigenvalue weighted by atomic mass is 10.1. The van der Waals surface area contributed by atoms with Gasteiger partial charge in [0.15, 0.2) is 17.3 Å². The minimum Gasteiger partial charge on any atom is -0.502 e. The zero-order chi connectivity index (χ0) is 22.2. The maximum atomic E-state index is 12.3. The Hall–Kier alpha value is -3.99. The molecule has 0 aliphatic carbocycles. The average molecular weight is 416 g/mol. The Labute approximate surface area is 181 Å². The van der Waals surface area contributed by atoms with Crippen LogP contribution in [0.3, 0.4) is 0 Å². The smallest absolute Gasteiger partial charge is 0.200 e. The molecule has 0 saturated heterocycles. The van der Waals surface area contributed by atoms with Crippen LogP contribution < -0.4 is 14.2 Å². The number of allylic oxidation sites excluding steroid dienone is 1. The highest BCUT2D eigenvalue weighted by Gasteiger charge is 2.09. The summed E-state index contributed by atoms with van der Waals surface area (Å²) in [5.74, 6) is 1.32. The second-order valence-electron chi connectivity index (χ2n) is 6.70. The lowest BCUT2D eigenvalue weighted by Gasteiger charge is -2.09. The van der Waals surface area contributed by atoms with E-state index in [2.05, 4.69) is 0 Å². The van der Waals surface area contributed by atoms with Crippen LogP contribution in [0.5, 0.6) is 23.0 Å². The molecule has 3 aromatic carbocycles. The number of hydrogen-bond donors (Lipinski definition) is 1. The van der Waals surface area contributed by atoms with Crippen molar-refractivity contribution in [1.29, 1.82) is 0 Å². The third kappa shape index (κ3) is 5.54. The van der Waals surface area contributed by atoms with Crippen molar-refractivity contribution >= 4 is 24.0 Å². The molecule has 3 aromatic rings. The Kier molecular flexibility index (Phi) is 7.12. The summed E-state index contributed by atoms with van der Waals surface area (Å²) in [6.07, 6.45) is 7.20. The van der Waals surface area contributed by atoms with Crippen LogP contribution in [0.25, 0.3) is 18.2 Å². The fraction of sp³-hybridized carbons (Fsp3) is 0.115. The van der Waals surface area contributed by atoms with Crippen molar-refractivity contribution in [2.75, 3.05) is 21.3 Å². The van der Waals surface area contributed by atoms with Gasteiger partial charge in [0.05, 0.1) is 21.3 Å². The molecule has 1 N–H and O–H groups in total. The molecule has 0 spiro atoms. The van der Waals surface area contributed by atoms with E-state index in [1.165, 1.54) is 14.2 Å². The van der Waals surface area contributed by atoms with Gasteiger partial charge in [0.25, 0.3) is 0 Å². The van der Waals surface area contributed by atoms with E-state index in [0.717, 1.165) is 16.7 Å². The molecule has 0 bridgehead atoms. The molecule has 0 saturated carbocycles. The summed E-state index contributed by atoms with van der Waals surface area (Å²) in [5, 5.41) is 10.0. The first kappa shape index (κ1) is 21.7. The maximum absolute atomic E-state index is 12.3. The first-order valence-corrected chi connectivity index (χ1v) is 9.63. The molecule has 0 amide bonds. The molecule has 5 heteroatoms. The number of ether oxygens (including phenoxy) is 3. The molecule has 158 valence electrons. The monoisotopic (exact) mass is 416 g/mol. The Morgan fingerprint density at radius 3 is 1.74 bits per heavy atom. The molecule has 0 aliphatic rings. The van der Waals surface area contributed by atoms with Crippen LogP contribution in [0.2, 0.25) is 0 Å². The zero-order valence-electron chi connectivity index (χ0n) is 17.7. The highest BCUT2D eigenvalue weighted by atomic mass is 16.5. The number of phenolic OH excluding ortho intramolecular Hbond substituents is 1. The van der Waals surface area contributed by atoms with Gasteiger partial charge >= 0.3 is 0 Å². The summed E-state index contributed by atoms with van der Waals surface area (Å²) in [7, 11) is 4.58. The number of carbonyl (C=O) groups is 1. The van der Waals surface area contributed by atoms with Gasteiger partial charge < -0.3 is 19.3 Å². The van der Waals surface area contributed by atoms with Crippen LogP contribution in [-0.2, 0) is 0 Å². The molecule has 0 aromatic heterocycles. The number of carbonyl (C=O) groups excluding carboxylic acids is 1. The van der Waals surface area contributed by atoms with Crippen LogP contribution in [0.1, 0.15) is 27.0 Å². The summed E-state index contributed by atoms with van der Waals surface area (Å²) < 4.78 is 15.5. The lowest BCUT2D eigenvalue weighted by Crippen LogP contribution is -1.94. The number of hydrogen-bond acceptors (Lipinski definition) is 5. The van der Waals surface area contributed by atoms with Crippen LogP contribution in [0, 0.1) is 0 Å². The van der Waals surface area contributed by atoms with Gasteiger partial charge in [-0.3, -0.25) is 4.79 Å². The summed E-state index contributed by atoms with van der Waals surface area (Å²) in [5.41, 5.74) is 3.36. The van der Waals surface area contributed by atoms with E-state index in [-0.39, 0.29) is 11.5 Å². The van der Waals surface area contributed by atoms with Crippen molar-refractivity contribution in [3.63, 3.8) is 0 Å². The van der Waals surface area contributed by atoms with Crippen molar-refractivity contribution < 1.29 is 24.1 Å².